The van der Waals surface area contributed by atoms with Crippen LogP contribution in [0.25, 0.3) is 0 Å². The quantitative estimate of drug-likeness (QED) is 0.339. The third-order valence-corrected chi connectivity index (χ3v) is 2.40. The van der Waals surface area contributed by atoms with Gasteiger partial charge in [-0.15, -0.1) is 0 Å². The molecule has 0 N–H and O–H groups in total. The lowest BCUT2D eigenvalue weighted by Crippen LogP contribution is -2.06. The maximum Gasteiger partial charge on any atom is 0.327 e. The van der Waals surface area contributed by atoms with Crippen molar-refractivity contribution in [1.29, 1.82) is 5.26 Å². The summed E-state index contributed by atoms with van der Waals surface area (Å²) in [5, 5.41) is 19.5. The fourth-order valence-corrected chi connectivity index (χ4v) is 1.57. The number of nitrogens with zero attached hydrogens (tertiary/aromatic N) is 4. The van der Waals surface area contributed by atoms with Crippen LogP contribution in [0, 0.1) is 21.4 Å². The molecule has 0 bridgehead atoms. The standard InChI is InChI=1S/C8H8N4O2S/c1-11(2)5-10-8-6(4-9)3-7(15-8)12(13)14/h3,5H,1-2H3/b10-5+. The topological polar surface area (TPSA) is 82.5 Å². The first kappa shape index (κ1) is 11.1. The molecule has 1 aromatic rings. The van der Waals surface area contributed by atoms with Crippen molar-refractivity contribution in [3.8, 4) is 6.07 Å². The molecule has 0 saturated carbocycles. The maximum atomic E-state index is 10.5. The molecule has 0 saturated heterocycles. The summed E-state index contributed by atoms with van der Waals surface area (Å²) in [6.45, 7) is 0. The zero-order valence-electron chi connectivity index (χ0n) is 8.17. The predicted octanol–water partition coefficient (Wildman–Crippen LogP) is 1.75. The number of aliphatic imine (C=N–C) groups is 1. The van der Waals surface area contributed by atoms with Crippen LogP contribution in [0.3, 0.4) is 0 Å². The molecule has 0 aliphatic carbocycles. The molecule has 0 atom stereocenters. The van der Waals surface area contributed by atoms with Crippen LogP contribution >= 0.6 is 11.3 Å². The van der Waals surface area contributed by atoms with Gasteiger partial charge in [0.2, 0.25) is 0 Å². The Labute approximate surface area is 90.2 Å². The Bertz CT molecular complexity index is 444. The Morgan fingerprint density at radius 1 is 1.73 bits per heavy atom. The van der Waals surface area contributed by atoms with Crippen molar-refractivity contribution in [2.45, 2.75) is 0 Å². The molecule has 0 fully saturated rings. The Kier molecular flexibility index (Phi) is 3.36. The minimum atomic E-state index is -0.528. The molecule has 1 rings (SSSR count). The molecule has 0 aliphatic heterocycles. The van der Waals surface area contributed by atoms with E-state index in [0.29, 0.717) is 5.00 Å². The first-order chi connectivity index (χ1) is 7.04. The number of nitriles is 1. The molecule has 0 spiro atoms. The second kappa shape index (κ2) is 4.52. The van der Waals surface area contributed by atoms with Crippen LogP contribution in [0.4, 0.5) is 10.0 Å². The lowest BCUT2D eigenvalue weighted by Gasteiger charge is -2.00. The van der Waals surface area contributed by atoms with Gasteiger partial charge < -0.3 is 4.90 Å². The minimum Gasteiger partial charge on any atom is -0.369 e. The van der Waals surface area contributed by atoms with Crippen LogP contribution in [-0.2, 0) is 0 Å². The first-order valence-corrected chi connectivity index (χ1v) is 4.75. The van der Waals surface area contributed by atoms with Gasteiger partial charge in [-0.3, -0.25) is 10.1 Å². The minimum absolute atomic E-state index is 0.0718. The highest BCUT2D eigenvalue weighted by Gasteiger charge is 2.15. The molecule has 6 nitrogen and oxygen atoms in total. The van der Waals surface area contributed by atoms with Crippen LogP contribution in [0.5, 0.6) is 0 Å². The SMILES string of the molecule is CN(C)/C=N/c1sc([N+](=O)[O-])cc1C#N. The average Bonchev–Trinajstić information content (AvgIpc) is 2.57. The number of thiophene rings is 1. The maximum absolute atomic E-state index is 10.5. The number of hydrogen-bond acceptors (Lipinski definition) is 5. The summed E-state index contributed by atoms with van der Waals surface area (Å²) in [6.07, 6.45) is 1.50. The zero-order chi connectivity index (χ0) is 11.4. The molecule has 7 heteroatoms. The van der Waals surface area contributed by atoms with E-state index in [0.717, 1.165) is 11.3 Å². The molecule has 0 amide bonds. The predicted molar refractivity (Wildman–Crippen MR) is 57.5 cm³/mol. The average molecular weight is 224 g/mol. The second-order valence-corrected chi connectivity index (χ2v) is 3.89. The highest BCUT2D eigenvalue weighted by atomic mass is 32.1. The Morgan fingerprint density at radius 2 is 2.40 bits per heavy atom. The molecule has 0 radical (unpaired) electrons. The van der Waals surface area contributed by atoms with Gasteiger partial charge in [0.25, 0.3) is 0 Å². The van der Waals surface area contributed by atoms with E-state index >= 15 is 0 Å². The molecule has 1 aromatic heterocycles. The van der Waals surface area contributed by atoms with Gasteiger partial charge in [-0.1, -0.05) is 0 Å². The van der Waals surface area contributed by atoms with Gasteiger partial charge in [0.05, 0.1) is 16.8 Å². The summed E-state index contributed by atoms with van der Waals surface area (Å²) in [5.74, 6) is 0. The fraction of sp³-hybridized carbons (Fsp3) is 0.250. The summed E-state index contributed by atoms with van der Waals surface area (Å²) in [5.41, 5.74) is 0.227. The zero-order valence-corrected chi connectivity index (χ0v) is 8.98. The summed E-state index contributed by atoms with van der Waals surface area (Å²) in [7, 11) is 3.55. The van der Waals surface area contributed by atoms with E-state index in [4.69, 9.17) is 5.26 Å². The van der Waals surface area contributed by atoms with E-state index in [2.05, 4.69) is 4.99 Å². The second-order valence-electron chi connectivity index (χ2n) is 2.88. The molecule has 0 unspecified atom stereocenters. The molecule has 78 valence electrons. The van der Waals surface area contributed by atoms with Gasteiger partial charge >= 0.3 is 5.00 Å². The summed E-state index contributed by atoms with van der Waals surface area (Å²) < 4.78 is 0. The highest BCUT2D eigenvalue weighted by molar-refractivity contribution is 7.19. The molecular formula is C8H8N4O2S. The molecule has 0 aliphatic rings. The monoisotopic (exact) mass is 224 g/mol. The van der Waals surface area contributed by atoms with Crippen LogP contribution in [0.2, 0.25) is 0 Å². The third-order valence-electron chi connectivity index (χ3n) is 1.41. The smallest absolute Gasteiger partial charge is 0.327 e. The van der Waals surface area contributed by atoms with Crippen molar-refractivity contribution in [3.05, 3.63) is 21.7 Å². The van der Waals surface area contributed by atoms with Crippen molar-refractivity contribution < 1.29 is 4.92 Å². The molecule has 1 heterocycles. The normalized spacial score (nSPS) is 10.2. The molecule has 0 aromatic carbocycles. The van der Waals surface area contributed by atoms with E-state index in [9.17, 15) is 10.1 Å². The molecule has 15 heavy (non-hydrogen) atoms. The van der Waals surface area contributed by atoms with Crippen LogP contribution in [-0.4, -0.2) is 30.3 Å². The van der Waals surface area contributed by atoms with Crippen molar-refractivity contribution in [2.75, 3.05) is 14.1 Å². The third kappa shape index (κ3) is 2.75. The number of rotatable bonds is 3. The van der Waals surface area contributed by atoms with Gasteiger partial charge in [-0.25, -0.2) is 4.99 Å². The van der Waals surface area contributed by atoms with E-state index in [1.54, 1.807) is 19.0 Å². The van der Waals surface area contributed by atoms with E-state index in [1.165, 1.54) is 12.4 Å². The van der Waals surface area contributed by atoms with E-state index < -0.39 is 4.92 Å². The number of nitro groups is 1. The van der Waals surface area contributed by atoms with E-state index in [-0.39, 0.29) is 10.6 Å². The summed E-state index contributed by atoms with van der Waals surface area (Å²) in [6, 6.07) is 3.10. The van der Waals surface area contributed by atoms with Gasteiger partial charge in [-0.2, -0.15) is 5.26 Å². The van der Waals surface area contributed by atoms with Crippen LogP contribution < -0.4 is 0 Å². The van der Waals surface area contributed by atoms with E-state index in [1.807, 2.05) is 6.07 Å². The van der Waals surface area contributed by atoms with Gasteiger partial charge in [0, 0.05) is 20.2 Å². The van der Waals surface area contributed by atoms with Gasteiger partial charge in [0.15, 0.2) is 0 Å². The van der Waals surface area contributed by atoms with Gasteiger partial charge in [0.1, 0.15) is 11.1 Å². The van der Waals surface area contributed by atoms with Crippen molar-refractivity contribution in [2.24, 2.45) is 4.99 Å². The summed E-state index contributed by atoms with van der Waals surface area (Å²) in [4.78, 5) is 15.6. The van der Waals surface area contributed by atoms with Gasteiger partial charge in [-0.05, 0) is 11.3 Å². The fourth-order valence-electron chi connectivity index (χ4n) is 0.803. The number of hydrogen-bond donors (Lipinski definition) is 0. The van der Waals surface area contributed by atoms with Crippen molar-refractivity contribution >= 4 is 27.7 Å². The van der Waals surface area contributed by atoms with Crippen molar-refractivity contribution in [1.82, 2.24) is 4.90 Å². The Balaban J connectivity index is 3.07. The first-order valence-electron chi connectivity index (χ1n) is 3.93. The largest absolute Gasteiger partial charge is 0.369 e. The Hall–Kier alpha value is -1.94. The molecular weight excluding hydrogens is 216 g/mol. The summed E-state index contributed by atoms with van der Waals surface area (Å²) >= 11 is 0.888. The lowest BCUT2D eigenvalue weighted by atomic mass is 10.3. The lowest BCUT2D eigenvalue weighted by molar-refractivity contribution is -0.380. The Morgan fingerprint density at radius 3 is 2.87 bits per heavy atom. The highest BCUT2D eigenvalue weighted by Crippen LogP contribution is 2.35. The van der Waals surface area contributed by atoms with Crippen LogP contribution in [0.1, 0.15) is 5.56 Å². The van der Waals surface area contributed by atoms with Crippen molar-refractivity contribution in [3.63, 3.8) is 0 Å². The van der Waals surface area contributed by atoms with Crippen LogP contribution in [0.15, 0.2) is 11.1 Å².